The largest absolute Gasteiger partial charge is 0.484 e. The van der Waals surface area contributed by atoms with Crippen molar-refractivity contribution in [3.8, 4) is 5.75 Å². The molecule has 0 unspecified atom stereocenters. The molecule has 0 aliphatic carbocycles. The number of rotatable bonds is 6. The van der Waals surface area contributed by atoms with E-state index in [9.17, 15) is 13.6 Å². The van der Waals surface area contributed by atoms with Gasteiger partial charge in [0.1, 0.15) is 5.75 Å². The van der Waals surface area contributed by atoms with Gasteiger partial charge in [-0.15, -0.1) is 0 Å². The summed E-state index contributed by atoms with van der Waals surface area (Å²) in [4.78, 5) is 15.6. The lowest BCUT2D eigenvalue weighted by atomic mass is 10.2. The Balaban J connectivity index is 2.01. The fourth-order valence-electron chi connectivity index (χ4n) is 1.86. The molecule has 126 valence electrons. The summed E-state index contributed by atoms with van der Waals surface area (Å²) in [6.07, 6.45) is -2.66. The molecule has 0 radical (unpaired) electrons. The summed E-state index contributed by atoms with van der Waals surface area (Å²) < 4.78 is 30.7. The second-order valence-electron chi connectivity index (χ2n) is 4.76. The van der Waals surface area contributed by atoms with Gasteiger partial charge in [0.15, 0.2) is 6.61 Å². The molecule has 0 aliphatic heterocycles. The van der Waals surface area contributed by atoms with Crippen molar-refractivity contribution < 1.29 is 18.3 Å². The van der Waals surface area contributed by atoms with Gasteiger partial charge >= 0.3 is 0 Å². The summed E-state index contributed by atoms with van der Waals surface area (Å²) >= 11 is 5.89. The maximum absolute atomic E-state index is 12.7. The molecule has 2 aromatic carbocycles. The van der Waals surface area contributed by atoms with Crippen LogP contribution in [0.2, 0.25) is 5.02 Å². The quantitative estimate of drug-likeness (QED) is 0.603. The topological polar surface area (TPSA) is 76.7 Å². The van der Waals surface area contributed by atoms with E-state index in [4.69, 9.17) is 22.1 Å². The van der Waals surface area contributed by atoms with Crippen LogP contribution in [0.4, 0.5) is 25.8 Å². The average molecular weight is 354 g/mol. The first-order valence-corrected chi connectivity index (χ1v) is 7.15. The van der Waals surface area contributed by atoms with Crippen LogP contribution in [0, 0.1) is 0 Å². The summed E-state index contributed by atoms with van der Waals surface area (Å²) in [5, 5.41) is 2.58. The minimum Gasteiger partial charge on any atom is -0.484 e. The lowest BCUT2D eigenvalue weighted by Gasteiger charge is -2.11. The van der Waals surface area contributed by atoms with Crippen LogP contribution in [0.5, 0.6) is 5.75 Å². The van der Waals surface area contributed by atoms with E-state index < -0.39 is 12.3 Å². The molecule has 2 rings (SSSR count). The van der Waals surface area contributed by atoms with E-state index in [1.807, 2.05) is 0 Å². The molecule has 0 spiro atoms. The molecule has 2 aromatic rings. The lowest BCUT2D eigenvalue weighted by Crippen LogP contribution is -2.20. The Bertz CT molecular complexity index is 769. The van der Waals surface area contributed by atoms with E-state index in [0.29, 0.717) is 17.1 Å². The molecule has 8 heteroatoms. The summed E-state index contributed by atoms with van der Waals surface area (Å²) in [7, 11) is 0. The fourth-order valence-corrected chi connectivity index (χ4v) is 2.02. The number of nitrogens with zero attached hydrogens (tertiary/aromatic N) is 1. The van der Waals surface area contributed by atoms with E-state index in [0.717, 1.165) is 6.07 Å². The Morgan fingerprint density at radius 2 is 2.08 bits per heavy atom. The predicted molar refractivity (Wildman–Crippen MR) is 90.6 cm³/mol. The molecule has 0 aliphatic rings. The fraction of sp³-hybridized carbons (Fsp3) is 0.125. The van der Waals surface area contributed by atoms with Crippen molar-refractivity contribution in [1.29, 1.82) is 0 Å². The van der Waals surface area contributed by atoms with E-state index in [-0.39, 0.29) is 22.9 Å². The van der Waals surface area contributed by atoms with Gasteiger partial charge < -0.3 is 15.8 Å². The number of carbonyl (C=O) groups is 1. The lowest BCUT2D eigenvalue weighted by molar-refractivity contribution is -0.118. The number of carbonyl (C=O) groups excluding carboxylic acids is 1. The number of halogens is 3. The molecule has 24 heavy (non-hydrogen) atoms. The smallest absolute Gasteiger partial charge is 0.263 e. The van der Waals surface area contributed by atoms with Crippen LogP contribution >= 0.6 is 11.6 Å². The highest BCUT2D eigenvalue weighted by molar-refractivity contribution is 6.33. The van der Waals surface area contributed by atoms with Crippen LogP contribution in [0.3, 0.4) is 0 Å². The Morgan fingerprint density at radius 1 is 1.33 bits per heavy atom. The molecule has 3 N–H and O–H groups in total. The van der Waals surface area contributed by atoms with Crippen LogP contribution in [0.15, 0.2) is 41.4 Å². The second-order valence-corrected chi connectivity index (χ2v) is 5.16. The molecule has 0 saturated carbocycles. The number of nitrogens with two attached hydrogens (primary N) is 1. The zero-order chi connectivity index (χ0) is 17.7. The van der Waals surface area contributed by atoms with Crippen LogP contribution in [-0.4, -0.2) is 19.2 Å². The monoisotopic (exact) mass is 353 g/mol. The van der Waals surface area contributed by atoms with Gasteiger partial charge in [0.25, 0.3) is 12.3 Å². The molecule has 1 amide bonds. The maximum Gasteiger partial charge on any atom is 0.263 e. The summed E-state index contributed by atoms with van der Waals surface area (Å²) in [6, 6.07) is 8.27. The first-order valence-electron chi connectivity index (χ1n) is 6.77. The number of aliphatic imine (C=N–C) groups is 1. The van der Waals surface area contributed by atoms with Gasteiger partial charge in [-0.3, -0.25) is 9.79 Å². The number of hydrogen-bond donors (Lipinski definition) is 2. The third kappa shape index (κ3) is 4.42. The number of nitrogen functional groups attached to an aromatic ring is 1. The Morgan fingerprint density at radius 3 is 2.75 bits per heavy atom. The molecule has 0 fully saturated rings. The van der Waals surface area contributed by atoms with Gasteiger partial charge in [-0.1, -0.05) is 17.7 Å². The molecule has 5 nitrogen and oxygen atoms in total. The van der Waals surface area contributed by atoms with Gasteiger partial charge in [0.2, 0.25) is 0 Å². The molecule has 0 bridgehead atoms. The average Bonchev–Trinajstić information content (AvgIpc) is 2.56. The second kappa shape index (κ2) is 7.74. The van der Waals surface area contributed by atoms with Crippen LogP contribution < -0.4 is 15.8 Å². The van der Waals surface area contributed by atoms with Gasteiger partial charge in [0, 0.05) is 11.6 Å². The van der Waals surface area contributed by atoms with Crippen molar-refractivity contribution in [3.05, 3.63) is 47.0 Å². The molecule has 0 saturated heterocycles. The molecular formula is C16H14ClF2N3O2. The van der Waals surface area contributed by atoms with Crippen molar-refractivity contribution >= 4 is 41.3 Å². The maximum atomic E-state index is 12.7. The number of nitrogens with one attached hydrogen (secondary N) is 1. The first-order chi connectivity index (χ1) is 11.4. The van der Waals surface area contributed by atoms with Gasteiger partial charge in [-0.2, -0.15) is 0 Å². The third-order valence-electron chi connectivity index (χ3n) is 3.06. The molecule has 0 aromatic heterocycles. The number of ether oxygens (including phenoxy) is 1. The Labute approximate surface area is 142 Å². The van der Waals surface area contributed by atoms with Crippen molar-refractivity contribution in [2.75, 3.05) is 17.7 Å². The predicted octanol–water partition coefficient (Wildman–Crippen LogP) is 4.21. The summed E-state index contributed by atoms with van der Waals surface area (Å²) in [5.74, 6) is -0.178. The minimum atomic E-state index is -2.66. The van der Waals surface area contributed by atoms with Crippen LogP contribution in [0.1, 0.15) is 12.0 Å². The van der Waals surface area contributed by atoms with E-state index >= 15 is 0 Å². The van der Waals surface area contributed by atoms with E-state index in [2.05, 4.69) is 17.0 Å². The Hall–Kier alpha value is -2.67. The van der Waals surface area contributed by atoms with E-state index in [1.165, 1.54) is 18.2 Å². The third-order valence-corrected chi connectivity index (χ3v) is 3.39. The van der Waals surface area contributed by atoms with Gasteiger partial charge in [0.05, 0.1) is 22.1 Å². The number of alkyl halides is 2. The van der Waals surface area contributed by atoms with Crippen molar-refractivity contribution in [1.82, 2.24) is 0 Å². The van der Waals surface area contributed by atoms with Gasteiger partial charge in [-0.05, 0) is 31.0 Å². The van der Waals surface area contributed by atoms with Gasteiger partial charge in [-0.25, -0.2) is 8.78 Å². The highest BCUT2D eigenvalue weighted by atomic mass is 35.5. The number of benzene rings is 2. The molecule has 0 heterocycles. The SMILES string of the molecule is C=Nc1cc(OCC(=O)Nc2cc(C(F)F)ccc2Cl)ccc1N. The summed E-state index contributed by atoms with van der Waals surface area (Å²) in [6.45, 7) is 3.04. The molecule has 0 atom stereocenters. The van der Waals surface area contributed by atoms with E-state index in [1.54, 1.807) is 12.1 Å². The molecular weight excluding hydrogens is 340 g/mol. The Kier molecular flexibility index (Phi) is 5.70. The van der Waals surface area contributed by atoms with Crippen LogP contribution in [0.25, 0.3) is 0 Å². The number of amides is 1. The highest BCUT2D eigenvalue weighted by Gasteiger charge is 2.12. The van der Waals surface area contributed by atoms with Crippen LogP contribution in [-0.2, 0) is 4.79 Å². The normalized spacial score (nSPS) is 10.5. The standard InChI is InChI=1S/C16H14ClF2N3O2/c1-21-14-7-10(3-5-12(14)20)24-8-15(23)22-13-6-9(16(18)19)2-4-11(13)17/h2-7,16H,1,8,20H2,(H,22,23). The highest BCUT2D eigenvalue weighted by Crippen LogP contribution is 2.29. The summed E-state index contributed by atoms with van der Waals surface area (Å²) in [5.41, 5.74) is 6.38. The van der Waals surface area contributed by atoms with Crippen molar-refractivity contribution in [3.63, 3.8) is 0 Å². The first kappa shape index (κ1) is 17.7. The zero-order valence-electron chi connectivity index (χ0n) is 12.4. The minimum absolute atomic E-state index is 0.0915. The zero-order valence-corrected chi connectivity index (χ0v) is 13.2. The number of hydrogen-bond acceptors (Lipinski definition) is 4. The van der Waals surface area contributed by atoms with Crippen molar-refractivity contribution in [2.24, 2.45) is 4.99 Å². The number of anilines is 2. The van der Waals surface area contributed by atoms with Crippen molar-refractivity contribution in [2.45, 2.75) is 6.43 Å².